The van der Waals surface area contributed by atoms with Crippen LogP contribution in [-0.2, 0) is 0 Å². The van der Waals surface area contributed by atoms with Crippen LogP contribution in [-0.4, -0.2) is 20.9 Å². The maximum Gasteiger partial charge on any atom is 0.291 e. The Morgan fingerprint density at radius 3 is 2.47 bits per heavy atom. The first kappa shape index (κ1) is 21.9. The molecule has 0 radical (unpaired) electrons. The Kier molecular flexibility index (Phi) is 5.63. The molecule has 2 heterocycles. The third-order valence-corrected chi connectivity index (χ3v) is 5.75. The molecule has 1 amide bonds. The summed E-state index contributed by atoms with van der Waals surface area (Å²) in [4.78, 5) is 14.3. The molecular weight excluding hydrogens is 455 g/mol. The maximum atomic E-state index is 13.4. The molecule has 0 bridgehead atoms. The van der Waals surface area contributed by atoms with Crippen molar-refractivity contribution in [3.8, 4) is 17.0 Å². The Hall–Kier alpha value is -3.97. The number of amides is 1. The predicted octanol–water partition coefficient (Wildman–Crippen LogP) is 6.85. The Labute approximate surface area is 200 Å². The summed E-state index contributed by atoms with van der Waals surface area (Å²) in [5, 5.41) is 11.9. The van der Waals surface area contributed by atoms with Gasteiger partial charge >= 0.3 is 0 Å². The minimum Gasteiger partial charge on any atom is -0.451 e. The molecule has 3 aromatic carbocycles. The highest BCUT2D eigenvalue weighted by Gasteiger charge is 2.15. The number of carbonyl (C=O) groups is 1. The Balaban J connectivity index is 1.34. The zero-order valence-electron chi connectivity index (χ0n) is 18.4. The number of nitrogens with one attached hydrogen (secondary N) is 1. The summed E-state index contributed by atoms with van der Waals surface area (Å²) in [5.41, 5.74) is 4.59. The molecule has 0 saturated carbocycles. The summed E-state index contributed by atoms with van der Waals surface area (Å²) in [5.74, 6) is 0.0345. The summed E-state index contributed by atoms with van der Waals surface area (Å²) in [6.07, 6.45) is 0. The van der Waals surface area contributed by atoms with E-state index in [0.717, 1.165) is 5.69 Å². The van der Waals surface area contributed by atoms with Crippen LogP contribution in [0.1, 0.15) is 35.9 Å². The third kappa shape index (κ3) is 4.30. The molecule has 170 valence electrons. The number of fused-ring (bicyclic) bond motifs is 1. The van der Waals surface area contributed by atoms with Crippen LogP contribution in [0.5, 0.6) is 0 Å². The monoisotopic (exact) mass is 474 g/mol. The highest BCUT2D eigenvalue weighted by atomic mass is 35.5. The quantitative estimate of drug-likeness (QED) is 0.302. The van der Waals surface area contributed by atoms with E-state index in [9.17, 15) is 9.18 Å². The van der Waals surface area contributed by atoms with Crippen LogP contribution in [0, 0.1) is 5.82 Å². The molecule has 0 aliphatic rings. The fraction of sp³-hybridized carbons (Fsp3) is 0.115. The smallest absolute Gasteiger partial charge is 0.291 e. The number of anilines is 1. The van der Waals surface area contributed by atoms with Crippen LogP contribution < -0.4 is 5.32 Å². The molecule has 0 spiro atoms. The molecule has 1 N–H and O–H groups in total. The van der Waals surface area contributed by atoms with Crippen molar-refractivity contribution in [3.05, 3.63) is 95.0 Å². The molecule has 5 rings (SSSR count). The predicted molar refractivity (Wildman–Crippen MR) is 130 cm³/mol. The first-order valence-electron chi connectivity index (χ1n) is 10.7. The minimum atomic E-state index is -0.519. The van der Waals surface area contributed by atoms with Gasteiger partial charge in [0.05, 0.1) is 10.7 Å². The van der Waals surface area contributed by atoms with Gasteiger partial charge in [0, 0.05) is 11.3 Å². The number of rotatable bonds is 5. The largest absolute Gasteiger partial charge is 0.451 e. The van der Waals surface area contributed by atoms with Gasteiger partial charge in [0.2, 0.25) is 0 Å². The topological polar surface area (TPSA) is 73.0 Å². The van der Waals surface area contributed by atoms with Crippen molar-refractivity contribution in [2.24, 2.45) is 0 Å². The van der Waals surface area contributed by atoms with Crippen molar-refractivity contribution >= 4 is 34.2 Å². The van der Waals surface area contributed by atoms with Crippen molar-refractivity contribution in [2.45, 2.75) is 19.8 Å². The van der Waals surface area contributed by atoms with Crippen LogP contribution in [0.4, 0.5) is 10.1 Å². The van der Waals surface area contributed by atoms with Crippen molar-refractivity contribution < 1.29 is 13.6 Å². The Bertz CT molecular complexity index is 1510. The SMILES string of the molecule is CC(C)c1ccc(-n2nc3ccc(NC(=O)c4ccc(-c5ccc(F)c(Cl)c5)o4)cc3n2)cc1. The molecule has 0 unspecified atom stereocenters. The number of benzene rings is 3. The molecule has 2 aromatic heterocycles. The van der Waals surface area contributed by atoms with Crippen LogP contribution in [0.3, 0.4) is 0 Å². The molecule has 0 saturated heterocycles. The van der Waals surface area contributed by atoms with E-state index in [-0.39, 0.29) is 10.8 Å². The number of hydrogen-bond acceptors (Lipinski definition) is 4. The molecule has 0 atom stereocenters. The highest BCUT2D eigenvalue weighted by molar-refractivity contribution is 6.31. The summed E-state index contributed by atoms with van der Waals surface area (Å²) in [6.45, 7) is 4.29. The number of halogens is 2. The van der Waals surface area contributed by atoms with Crippen molar-refractivity contribution in [1.29, 1.82) is 0 Å². The molecule has 0 aliphatic carbocycles. The van der Waals surface area contributed by atoms with Gasteiger partial charge < -0.3 is 9.73 Å². The lowest BCUT2D eigenvalue weighted by Gasteiger charge is -2.05. The number of aromatic nitrogens is 3. The maximum absolute atomic E-state index is 13.4. The van der Waals surface area contributed by atoms with E-state index in [1.165, 1.54) is 23.8 Å². The molecular formula is C26H20ClFN4O2. The van der Waals surface area contributed by atoms with Gasteiger partial charge in [-0.25, -0.2) is 4.39 Å². The standard InChI is InChI=1S/C26H20ClFN4O2/c1-15(2)16-3-7-19(8-4-16)32-30-22-10-6-18(14-23(22)31-32)29-26(33)25-12-11-24(34-25)17-5-9-21(28)20(27)13-17/h3-15H,1-2H3,(H,29,33). The Morgan fingerprint density at radius 2 is 1.74 bits per heavy atom. The van der Waals surface area contributed by atoms with E-state index in [1.54, 1.807) is 35.1 Å². The molecule has 34 heavy (non-hydrogen) atoms. The number of furan rings is 1. The third-order valence-electron chi connectivity index (χ3n) is 5.46. The zero-order valence-corrected chi connectivity index (χ0v) is 19.2. The van der Waals surface area contributed by atoms with E-state index in [0.29, 0.717) is 34.0 Å². The summed E-state index contributed by atoms with van der Waals surface area (Å²) >= 11 is 5.84. The van der Waals surface area contributed by atoms with E-state index >= 15 is 0 Å². The van der Waals surface area contributed by atoms with Gasteiger partial charge in [-0.1, -0.05) is 37.6 Å². The van der Waals surface area contributed by atoms with E-state index in [1.807, 2.05) is 12.1 Å². The molecule has 0 fully saturated rings. The summed E-state index contributed by atoms with van der Waals surface area (Å²) in [7, 11) is 0. The van der Waals surface area contributed by atoms with E-state index < -0.39 is 11.7 Å². The fourth-order valence-corrected chi connectivity index (χ4v) is 3.74. The summed E-state index contributed by atoms with van der Waals surface area (Å²) < 4.78 is 19.1. The van der Waals surface area contributed by atoms with Gasteiger partial charge in [-0.2, -0.15) is 4.80 Å². The van der Waals surface area contributed by atoms with Crippen molar-refractivity contribution in [1.82, 2.24) is 15.0 Å². The van der Waals surface area contributed by atoms with Crippen LogP contribution in [0.2, 0.25) is 5.02 Å². The van der Waals surface area contributed by atoms with Crippen LogP contribution in [0.25, 0.3) is 28.0 Å². The fourth-order valence-electron chi connectivity index (χ4n) is 3.56. The number of hydrogen-bond donors (Lipinski definition) is 1. The van der Waals surface area contributed by atoms with Crippen molar-refractivity contribution in [2.75, 3.05) is 5.32 Å². The van der Waals surface area contributed by atoms with Gasteiger partial charge in [-0.3, -0.25) is 4.79 Å². The van der Waals surface area contributed by atoms with Crippen LogP contribution in [0.15, 0.2) is 77.2 Å². The highest BCUT2D eigenvalue weighted by Crippen LogP contribution is 2.27. The van der Waals surface area contributed by atoms with E-state index in [2.05, 4.69) is 41.5 Å². The second-order valence-electron chi connectivity index (χ2n) is 8.19. The average Bonchev–Trinajstić information content (AvgIpc) is 3.48. The lowest BCUT2D eigenvalue weighted by Crippen LogP contribution is -2.10. The van der Waals surface area contributed by atoms with Gasteiger partial charge in [0.25, 0.3) is 5.91 Å². The lowest BCUT2D eigenvalue weighted by molar-refractivity contribution is 0.0997. The van der Waals surface area contributed by atoms with Crippen LogP contribution >= 0.6 is 11.6 Å². The molecule has 8 heteroatoms. The van der Waals surface area contributed by atoms with Gasteiger partial charge in [-0.05, 0) is 72.1 Å². The second kappa shape index (κ2) is 8.76. The van der Waals surface area contributed by atoms with E-state index in [4.69, 9.17) is 16.0 Å². The average molecular weight is 475 g/mol. The second-order valence-corrected chi connectivity index (χ2v) is 8.59. The minimum absolute atomic E-state index is 0.0166. The molecule has 0 aliphatic heterocycles. The first-order valence-corrected chi connectivity index (χ1v) is 11.1. The molecule has 6 nitrogen and oxygen atoms in total. The zero-order chi connectivity index (χ0) is 23.8. The molecule has 5 aromatic rings. The van der Waals surface area contributed by atoms with Gasteiger partial charge in [0.15, 0.2) is 5.76 Å². The number of nitrogens with zero attached hydrogens (tertiary/aromatic N) is 3. The first-order chi connectivity index (χ1) is 16.4. The summed E-state index contributed by atoms with van der Waals surface area (Å²) in [6, 6.07) is 20.8. The van der Waals surface area contributed by atoms with Gasteiger partial charge in [0.1, 0.15) is 22.6 Å². The van der Waals surface area contributed by atoms with Crippen molar-refractivity contribution in [3.63, 3.8) is 0 Å². The van der Waals surface area contributed by atoms with Gasteiger partial charge in [-0.15, -0.1) is 10.2 Å². The number of carbonyl (C=O) groups excluding carboxylic acids is 1. The Morgan fingerprint density at radius 1 is 0.971 bits per heavy atom. The normalized spacial score (nSPS) is 11.3. The lowest BCUT2D eigenvalue weighted by atomic mass is 10.0.